The number of carbonyl (C=O) groups excluding carboxylic acids is 2. The van der Waals surface area contributed by atoms with Gasteiger partial charge in [-0.25, -0.2) is 9.59 Å². The van der Waals surface area contributed by atoms with Gasteiger partial charge in [0.15, 0.2) is 0 Å². The molecule has 3 rings (SSSR count). The normalized spacial score (nSPS) is 15.1. The molecular formula is C36H57N5O2. The number of piperazine rings is 1. The fraction of sp³-hybridized carbons (Fsp3) is 0.611. The van der Waals surface area contributed by atoms with Crippen LogP contribution in [0.25, 0.3) is 0 Å². The molecule has 238 valence electrons. The first kappa shape index (κ1) is 34.4. The van der Waals surface area contributed by atoms with Crippen molar-refractivity contribution in [3.63, 3.8) is 0 Å². The van der Waals surface area contributed by atoms with E-state index in [4.69, 9.17) is 0 Å². The summed E-state index contributed by atoms with van der Waals surface area (Å²) in [7, 11) is 0. The van der Waals surface area contributed by atoms with Gasteiger partial charge in [0.2, 0.25) is 0 Å². The number of hydrogen-bond acceptors (Lipinski definition) is 3. The van der Waals surface area contributed by atoms with Crippen LogP contribution in [-0.2, 0) is 0 Å². The summed E-state index contributed by atoms with van der Waals surface area (Å²) in [5.41, 5.74) is 1.71. The van der Waals surface area contributed by atoms with Crippen molar-refractivity contribution < 1.29 is 9.59 Å². The number of anilines is 2. The molecular weight excluding hydrogens is 534 g/mol. The average Bonchev–Trinajstić information content (AvgIpc) is 3.04. The molecule has 1 atom stereocenters. The highest BCUT2D eigenvalue weighted by atomic mass is 16.2. The Morgan fingerprint density at radius 2 is 1.19 bits per heavy atom. The molecule has 43 heavy (non-hydrogen) atoms. The molecule has 0 aromatic heterocycles. The largest absolute Gasteiger partial charge is 0.329 e. The van der Waals surface area contributed by atoms with Crippen LogP contribution in [-0.4, -0.2) is 90.1 Å². The molecule has 1 heterocycles. The highest BCUT2D eigenvalue weighted by Gasteiger charge is 2.36. The first-order chi connectivity index (χ1) is 21.0. The molecule has 7 nitrogen and oxygen atoms in total. The van der Waals surface area contributed by atoms with E-state index in [-0.39, 0.29) is 18.1 Å². The Kier molecular flexibility index (Phi) is 15.4. The van der Waals surface area contributed by atoms with E-state index in [1.165, 1.54) is 0 Å². The van der Waals surface area contributed by atoms with Crippen molar-refractivity contribution in [2.24, 2.45) is 0 Å². The van der Waals surface area contributed by atoms with Gasteiger partial charge < -0.3 is 19.6 Å². The lowest BCUT2D eigenvalue weighted by Gasteiger charge is -2.45. The zero-order valence-electron chi connectivity index (χ0n) is 27.4. The first-order valence-corrected chi connectivity index (χ1v) is 17.0. The van der Waals surface area contributed by atoms with Gasteiger partial charge in [-0.05, 0) is 69.5 Å². The second kappa shape index (κ2) is 19.3. The van der Waals surface area contributed by atoms with Crippen LogP contribution < -0.4 is 4.90 Å². The minimum Gasteiger partial charge on any atom is -0.325 e. The molecule has 2 aromatic rings. The molecule has 0 aliphatic carbocycles. The van der Waals surface area contributed by atoms with E-state index < -0.39 is 0 Å². The molecule has 1 aliphatic rings. The number of unbranched alkanes of at least 4 members (excludes halogenated alkanes) is 4. The summed E-state index contributed by atoms with van der Waals surface area (Å²) < 4.78 is 0. The quantitative estimate of drug-likeness (QED) is 0.174. The van der Waals surface area contributed by atoms with E-state index in [0.717, 1.165) is 102 Å². The van der Waals surface area contributed by atoms with Crippen LogP contribution in [0.15, 0.2) is 60.7 Å². The second-order valence-electron chi connectivity index (χ2n) is 11.9. The number of rotatable bonds is 17. The number of benzene rings is 2. The van der Waals surface area contributed by atoms with E-state index in [9.17, 15) is 9.59 Å². The van der Waals surface area contributed by atoms with Gasteiger partial charge >= 0.3 is 12.1 Å². The molecule has 2 aromatic carbocycles. The molecule has 1 saturated heterocycles. The van der Waals surface area contributed by atoms with Gasteiger partial charge in [-0.3, -0.25) is 4.90 Å². The standard InChI is InChI=1S/C36H57N5O2/c1-5-9-17-26-38(27-18-10-6-2)35(42)39-29-30-40(34(31-39)23-28-37(24-7-3)25-8-4)36(43)41(32-19-13-11-14-20-32)33-21-15-12-16-22-33/h11-16,19-22,34H,5-10,17-18,23-31H2,1-4H3. The molecule has 1 aliphatic heterocycles. The zero-order chi connectivity index (χ0) is 30.9. The van der Waals surface area contributed by atoms with Crippen LogP contribution in [0.2, 0.25) is 0 Å². The molecule has 0 N–H and O–H groups in total. The minimum absolute atomic E-state index is 0.0187. The third kappa shape index (κ3) is 10.6. The van der Waals surface area contributed by atoms with E-state index in [1.807, 2.05) is 75.4 Å². The van der Waals surface area contributed by atoms with E-state index in [2.05, 4.69) is 37.5 Å². The molecule has 0 radical (unpaired) electrons. The summed E-state index contributed by atoms with van der Waals surface area (Å²) in [4.78, 5) is 38.9. The predicted octanol–water partition coefficient (Wildman–Crippen LogP) is 8.25. The minimum atomic E-state index is -0.0514. The first-order valence-electron chi connectivity index (χ1n) is 17.0. The third-order valence-electron chi connectivity index (χ3n) is 8.41. The van der Waals surface area contributed by atoms with Crippen molar-refractivity contribution >= 4 is 23.4 Å². The van der Waals surface area contributed by atoms with Gasteiger partial charge in [0.25, 0.3) is 0 Å². The Hall–Kier alpha value is -3.06. The Labute approximate surface area is 261 Å². The van der Waals surface area contributed by atoms with Gasteiger partial charge in [-0.2, -0.15) is 0 Å². The maximum absolute atomic E-state index is 14.5. The maximum Gasteiger partial charge on any atom is 0.329 e. The Bertz CT molecular complexity index is 995. The van der Waals surface area contributed by atoms with Crippen molar-refractivity contribution in [2.75, 3.05) is 57.3 Å². The number of nitrogens with zero attached hydrogens (tertiary/aromatic N) is 5. The smallest absolute Gasteiger partial charge is 0.325 e. The van der Waals surface area contributed by atoms with Crippen LogP contribution in [0, 0.1) is 0 Å². The lowest BCUT2D eigenvalue weighted by atomic mass is 10.1. The number of hydrogen-bond donors (Lipinski definition) is 0. The SMILES string of the molecule is CCCCCN(CCCCC)C(=O)N1CCN(C(=O)N(c2ccccc2)c2ccccc2)C(CCN(CCC)CCC)C1. The average molecular weight is 592 g/mol. The molecule has 0 bridgehead atoms. The van der Waals surface area contributed by atoms with Crippen molar-refractivity contribution in [3.05, 3.63) is 60.7 Å². The number of urea groups is 2. The summed E-state index contributed by atoms with van der Waals surface area (Å²) in [5, 5.41) is 0. The van der Waals surface area contributed by atoms with Crippen molar-refractivity contribution in [3.8, 4) is 0 Å². The van der Waals surface area contributed by atoms with Crippen LogP contribution >= 0.6 is 0 Å². The van der Waals surface area contributed by atoms with Crippen LogP contribution in [0.3, 0.4) is 0 Å². The van der Waals surface area contributed by atoms with E-state index in [0.29, 0.717) is 19.6 Å². The fourth-order valence-electron chi connectivity index (χ4n) is 6.09. The summed E-state index contributed by atoms with van der Waals surface area (Å²) in [5.74, 6) is 0. The number of para-hydroxylation sites is 2. The lowest BCUT2D eigenvalue weighted by Crippen LogP contribution is -2.61. The topological polar surface area (TPSA) is 50.3 Å². The van der Waals surface area contributed by atoms with E-state index in [1.54, 1.807) is 0 Å². The second-order valence-corrected chi connectivity index (χ2v) is 11.9. The number of amides is 4. The van der Waals surface area contributed by atoms with Gasteiger partial charge in [-0.15, -0.1) is 0 Å². The predicted molar refractivity (Wildman–Crippen MR) is 180 cm³/mol. The number of carbonyl (C=O) groups is 2. The molecule has 1 unspecified atom stereocenters. The summed E-state index contributed by atoms with van der Waals surface area (Å²) >= 11 is 0. The molecule has 4 amide bonds. The fourth-order valence-corrected chi connectivity index (χ4v) is 6.09. The van der Waals surface area contributed by atoms with Crippen LogP contribution in [0.4, 0.5) is 21.0 Å². The molecule has 7 heteroatoms. The Morgan fingerprint density at radius 3 is 1.67 bits per heavy atom. The highest BCUT2D eigenvalue weighted by Crippen LogP contribution is 2.29. The van der Waals surface area contributed by atoms with Crippen LogP contribution in [0.1, 0.15) is 85.5 Å². The summed E-state index contributed by atoms with van der Waals surface area (Å²) in [6.45, 7) is 15.2. The lowest BCUT2D eigenvalue weighted by molar-refractivity contribution is 0.0829. The molecule has 0 spiro atoms. The highest BCUT2D eigenvalue weighted by molar-refractivity contribution is 5.99. The van der Waals surface area contributed by atoms with Crippen molar-refractivity contribution in [2.45, 2.75) is 91.5 Å². The Balaban J connectivity index is 1.86. The third-order valence-corrected chi connectivity index (χ3v) is 8.41. The maximum atomic E-state index is 14.5. The monoisotopic (exact) mass is 591 g/mol. The van der Waals surface area contributed by atoms with Crippen LogP contribution in [0.5, 0.6) is 0 Å². The Morgan fingerprint density at radius 1 is 0.651 bits per heavy atom. The molecule has 1 fully saturated rings. The van der Waals surface area contributed by atoms with Gasteiger partial charge in [0.05, 0.1) is 17.4 Å². The zero-order valence-corrected chi connectivity index (χ0v) is 27.4. The van der Waals surface area contributed by atoms with E-state index >= 15 is 0 Å². The van der Waals surface area contributed by atoms with Crippen molar-refractivity contribution in [1.29, 1.82) is 0 Å². The summed E-state index contributed by atoms with van der Waals surface area (Å²) in [6.07, 6.45) is 9.72. The summed E-state index contributed by atoms with van der Waals surface area (Å²) in [6, 6.07) is 19.9. The van der Waals surface area contributed by atoms with Crippen molar-refractivity contribution in [1.82, 2.24) is 19.6 Å². The van der Waals surface area contributed by atoms with Gasteiger partial charge in [0.1, 0.15) is 0 Å². The molecule has 0 saturated carbocycles. The van der Waals surface area contributed by atoms with Gasteiger partial charge in [0, 0.05) is 39.3 Å². The van der Waals surface area contributed by atoms with Gasteiger partial charge in [-0.1, -0.05) is 89.8 Å².